The molecule has 0 aromatic rings. The van der Waals surface area contributed by atoms with Crippen molar-refractivity contribution in [2.75, 3.05) is 47.5 Å². The highest BCUT2D eigenvalue weighted by atomic mass is 31.2. The van der Waals surface area contributed by atoms with Crippen LogP contribution in [-0.4, -0.2) is 74.9 Å². The molecule has 0 aliphatic rings. The van der Waals surface area contributed by atoms with E-state index < -0.39 is 32.5 Å². The van der Waals surface area contributed by atoms with Gasteiger partial charge in [-0.1, -0.05) is 220 Å². The predicted molar refractivity (Wildman–Crippen MR) is 343 cm³/mol. The number of phosphoric acid groups is 1. The summed E-state index contributed by atoms with van der Waals surface area (Å²) in [6.45, 7) is 4.04. The predicted octanol–water partition coefficient (Wildman–Crippen LogP) is 19.1. The number of esters is 2. The fourth-order valence-corrected chi connectivity index (χ4v) is 7.54. The van der Waals surface area contributed by atoms with Crippen molar-refractivity contribution < 1.29 is 42.1 Å². The summed E-state index contributed by atoms with van der Waals surface area (Å²) in [5.41, 5.74) is 0. The molecule has 0 bridgehead atoms. The minimum Gasteiger partial charge on any atom is -0.462 e. The fraction of sp³-hybridized carbons (Fsp3) is 0.486. The van der Waals surface area contributed by atoms with Crippen LogP contribution in [0.5, 0.6) is 0 Å². The minimum absolute atomic E-state index is 0.000236. The van der Waals surface area contributed by atoms with Crippen LogP contribution in [0.1, 0.15) is 168 Å². The maximum atomic E-state index is 12.8. The van der Waals surface area contributed by atoms with Crippen molar-refractivity contribution >= 4 is 19.8 Å². The van der Waals surface area contributed by atoms with Crippen LogP contribution >= 0.6 is 7.82 Å². The van der Waals surface area contributed by atoms with E-state index in [1.807, 2.05) is 27.2 Å². The number of phosphoric ester groups is 1. The van der Waals surface area contributed by atoms with Gasteiger partial charge in [0.15, 0.2) is 6.10 Å². The first kappa shape index (κ1) is 74.6. The van der Waals surface area contributed by atoms with Gasteiger partial charge in [0.05, 0.1) is 27.7 Å². The normalized spacial score (nSPS) is 14.7. The molecule has 10 heteroatoms. The quantitative estimate of drug-likeness (QED) is 0.0211. The molecule has 0 aliphatic heterocycles. The third-order valence-electron chi connectivity index (χ3n) is 11.3. The molecule has 444 valence electrons. The topological polar surface area (TPSA) is 108 Å². The van der Waals surface area contributed by atoms with Gasteiger partial charge in [0.2, 0.25) is 0 Å². The van der Waals surface area contributed by atoms with Gasteiger partial charge < -0.3 is 18.9 Å². The summed E-state index contributed by atoms with van der Waals surface area (Å²) in [6.07, 6.45) is 93.4. The standard InChI is InChI=1S/C70H106NO8P/c1-6-8-10-12-14-16-18-20-22-24-26-28-30-32-34-35-37-39-41-43-45-47-49-51-53-55-57-59-61-63-70(73)79-68(67-78-80(74,75)77-65-64-71(3,4)5)66-76-69(72)62-60-58-56-54-52-50-48-46-44-42-40-38-36-33-31-29-27-25-23-21-19-17-15-13-11-9-7-2/h8-11,14-17,20-23,26-29,32-34,36-37,39-40,42-43,45-46,48-49,51-52,54-55,57,68H,6-7,12-13,18-19,24-25,30-31,35,38,41,44,47,50,53,56,58-67H2,1-5H3/p+1/b10-8-,11-9-,16-14-,17-15-,22-20-,23-21-,28-26-,29-27-,34-32-,36-33-,39-37-,42-40-,45-43-,48-46-,51-49-,54-52-,57-55-. The Morgan fingerprint density at radius 2 is 0.675 bits per heavy atom. The molecule has 0 amide bonds. The minimum atomic E-state index is -4.43. The van der Waals surface area contributed by atoms with Crippen molar-refractivity contribution in [3.05, 3.63) is 207 Å². The molecule has 0 fully saturated rings. The van der Waals surface area contributed by atoms with Gasteiger partial charge in [-0.2, -0.15) is 0 Å². The van der Waals surface area contributed by atoms with E-state index in [2.05, 4.69) is 214 Å². The number of carbonyl (C=O) groups is 2. The van der Waals surface area contributed by atoms with E-state index >= 15 is 0 Å². The number of hydrogen-bond donors (Lipinski definition) is 1. The van der Waals surface area contributed by atoms with Gasteiger partial charge >= 0.3 is 19.8 Å². The van der Waals surface area contributed by atoms with Crippen LogP contribution in [0.15, 0.2) is 207 Å². The van der Waals surface area contributed by atoms with Gasteiger partial charge in [-0.05, 0) is 141 Å². The molecular formula is C70H107NO8P+. The molecule has 0 aromatic carbocycles. The number of allylic oxidation sites excluding steroid dienone is 34. The molecule has 9 nitrogen and oxygen atoms in total. The molecule has 80 heavy (non-hydrogen) atoms. The van der Waals surface area contributed by atoms with E-state index in [1.54, 1.807) is 0 Å². The van der Waals surface area contributed by atoms with E-state index in [9.17, 15) is 19.0 Å². The lowest BCUT2D eigenvalue weighted by molar-refractivity contribution is -0.870. The Balaban J connectivity index is 4.43. The second-order valence-electron chi connectivity index (χ2n) is 19.9. The van der Waals surface area contributed by atoms with Crippen LogP contribution in [0.4, 0.5) is 0 Å². The third-order valence-corrected chi connectivity index (χ3v) is 12.3. The summed E-state index contributed by atoms with van der Waals surface area (Å²) in [7, 11) is 1.38. The number of carbonyl (C=O) groups excluding carboxylic acids is 2. The lowest BCUT2D eigenvalue weighted by Gasteiger charge is -2.24. The highest BCUT2D eigenvalue weighted by Crippen LogP contribution is 2.43. The first-order valence-corrected chi connectivity index (χ1v) is 31.3. The molecule has 0 spiro atoms. The SMILES string of the molecule is CC/C=C\C/C=C\C/C=C\C/C=C\C/C=C\C/C=C\C/C=C\C/C=C\C/C=C\CCCC(=O)OC(COC(=O)CCCC/C=C\C/C=C\C/C=C\C/C=C\C/C=C\C/C=C\C/C=C\C/C=C\CC)COP(=O)(O)OCC[N+](C)(C)C. The second kappa shape index (κ2) is 58.3. The molecule has 0 aliphatic carbocycles. The molecule has 0 aromatic heterocycles. The van der Waals surface area contributed by atoms with E-state index in [4.69, 9.17) is 18.5 Å². The Morgan fingerprint density at radius 3 is 0.988 bits per heavy atom. The first-order chi connectivity index (χ1) is 39.0. The van der Waals surface area contributed by atoms with E-state index in [-0.39, 0.29) is 26.1 Å². The number of ether oxygens (including phenoxy) is 2. The summed E-state index contributed by atoms with van der Waals surface area (Å²) in [6, 6.07) is 0. The number of hydrogen-bond acceptors (Lipinski definition) is 7. The summed E-state index contributed by atoms with van der Waals surface area (Å²) in [5.74, 6) is -0.942. The molecule has 0 heterocycles. The number of quaternary nitrogens is 1. The van der Waals surface area contributed by atoms with Crippen molar-refractivity contribution in [2.24, 2.45) is 0 Å². The van der Waals surface area contributed by atoms with Crippen molar-refractivity contribution in [3.63, 3.8) is 0 Å². The monoisotopic (exact) mass is 1120 g/mol. The number of unbranched alkanes of at least 4 members (excludes halogenated alkanes) is 3. The maximum Gasteiger partial charge on any atom is 0.472 e. The molecule has 1 N–H and O–H groups in total. The van der Waals surface area contributed by atoms with Crippen LogP contribution in [0.2, 0.25) is 0 Å². The third kappa shape index (κ3) is 61.8. The number of nitrogens with zero attached hydrogens (tertiary/aromatic N) is 1. The van der Waals surface area contributed by atoms with Crippen LogP contribution in [0.25, 0.3) is 0 Å². The second-order valence-corrected chi connectivity index (χ2v) is 21.4. The lowest BCUT2D eigenvalue weighted by atomic mass is 10.2. The molecule has 0 radical (unpaired) electrons. The summed E-state index contributed by atoms with van der Waals surface area (Å²) < 4.78 is 34.4. The maximum absolute atomic E-state index is 12.8. The zero-order valence-corrected chi connectivity index (χ0v) is 51.1. The average molecular weight is 1120 g/mol. The van der Waals surface area contributed by atoms with Gasteiger partial charge in [-0.3, -0.25) is 18.6 Å². The van der Waals surface area contributed by atoms with E-state index in [1.165, 1.54) is 0 Å². The summed E-state index contributed by atoms with van der Waals surface area (Å²) in [5, 5.41) is 0. The Kier molecular flexibility index (Phi) is 54.3. The summed E-state index contributed by atoms with van der Waals surface area (Å²) in [4.78, 5) is 35.7. The molecule has 0 saturated heterocycles. The molecule has 0 saturated carbocycles. The lowest BCUT2D eigenvalue weighted by Crippen LogP contribution is -2.37. The van der Waals surface area contributed by atoms with Crippen molar-refractivity contribution in [1.29, 1.82) is 0 Å². The van der Waals surface area contributed by atoms with E-state index in [0.29, 0.717) is 30.3 Å². The van der Waals surface area contributed by atoms with Gasteiger partial charge in [0.1, 0.15) is 19.8 Å². The van der Waals surface area contributed by atoms with Crippen molar-refractivity contribution in [2.45, 2.75) is 174 Å². The number of rotatable bonds is 51. The van der Waals surface area contributed by atoms with Crippen LogP contribution in [-0.2, 0) is 32.7 Å². The van der Waals surface area contributed by atoms with E-state index in [0.717, 1.165) is 122 Å². The van der Waals surface area contributed by atoms with Gasteiger partial charge in [0.25, 0.3) is 0 Å². The van der Waals surface area contributed by atoms with Crippen LogP contribution in [0.3, 0.4) is 0 Å². The Bertz CT molecular complexity index is 2100. The molecule has 2 unspecified atom stereocenters. The van der Waals surface area contributed by atoms with Crippen LogP contribution in [0, 0.1) is 0 Å². The Labute approximate surface area is 487 Å². The Hall–Kier alpha value is -5.41. The molecular weight excluding hydrogens is 1010 g/mol. The zero-order valence-electron chi connectivity index (χ0n) is 50.2. The highest BCUT2D eigenvalue weighted by Gasteiger charge is 2.27. The Morgan fingerprint density at radius 1 is 0.388 bits per heavy atom. The van der Waals surface area contributed by atoms with Crippen molar-refractivity contribution in [3.8, 4) is 0 Å². The first-order valence-electron chi connectivity index (χ1n) is 29.8. The largest absolute Gasteiger partial charge is 0.472 e. The molecule has 2 atom stereocenters. The average Bonchev–Trinajstić information content (AvgIpc) is 3.42. The number of likely N-dealkylation sites (N-methyl/N-ethyl adjacent to an activating group) is 1. The van der Waals surface area contributed by atoms with Crippen LogP contribution < -0.4 is 0 Å². The van der Waals surface area contributed by atoms with Crippen molar-refractivity contribution in [1.82, 2.24) is 0 Å². The zero-order chi connectivity index (χ0) is 58.4. The van der Waals surface area contributed by atoms with Gasteiger partial charge in [-0.25, -0.2) is 4.57 Å². The van der Waals surface area contributed by atoms with Gasteiger partial charge in [0, 0.05) is 12.8 Å². The highest BCUT2D eigenvalue weighted by molar-refractivity contribution is 7.47. The molecule has 0 rings (SSSR count). The smallest absolute Gasteiger partial charge is 0.462 e. The van der Waals surface area contributed by atoms with Gasteiger partial charge in [-0.15, -0.1) is 0 Å². The fourth-order valence-electron chi connectivity index (χ4n) is 6.79. The summed E-state index contributed by atoms with van der Waals surface area (Å²) >= 11 is 0.